The van der Waals surface area contributed by atoms with Crippen molar-refractivity contribution < 1.29 is 19.4 Å². The van der Waals surface area contributed by atoms with Gasteiger partial charge in [-0.15, -0.1) is 0 Å². The molecule has 0 fully saturated rings. The van der Waals surface area contributed by atoms with Crippen molar-refractivity contribution in [1.82, 2.24) is 5.32 Å². The van der Waals surface area contributed by atoms with Gasteiger partial charge in [-0.1, -0.05) is 60.7 Å². The highest BCUT2D eigenvalue weighted by Gasteiger charge is 2.23. The molecule has 0 aliphatic heterocycles. The lowest BCUT2D eigenvalue weighted by molar-refractivity contribution is -0.144. The molecule has 0 aliphatic carbocycles. The zero-order valence-electron chi connectivity index (χ0n) is 13.5. The number of amides is 1. The lowest BCUT2D eigenvalue weighted by Crippen LogP contribution is -2.46. The minimum absolute atomic E-state index is 0.229. The standard InChI is InChI=1S/C19H21NO4/c1-14(24-13-16-10-6-3-7-11-16)18(21)20-17(19(22)23)12-15-8-4-2-5-9-15/h2-11,14,17H,12-13H2,1H3,(H,20,21)(H,22,23)/t14?,17-/m0/s1. The van der Waals surface area contributed by atoms with E-state index in [0.717, 1.165) is 11.1 Å². The molecule has 2 aromatic rings. The average molecular weight is 327 g/mol. The van der Waals surface area contributed by atoms with Crippen LogP contribution in [0.4, 0.5) is 0 Å². The number of rotatable bonds is 8. The van der Waals surface area contributed by atoms with Gasteiger partial charge in [-0.05, 0) is 18.1 Å². The van der Waals surface area contributed by atoms with E-state index in [4.69, 9.17) is 4.74 Å². The summed E-state index contributed by atoms with van der Waals surface area (Å²) in [6.45, 7) is 1.91. The summed E-state index contributed by atoms with van der Waals surface area (Å²) < 4.78 is 5.52. The van der Waals surface area contributed by atoms with Crippen molar-refractivity contribution >= 4 is 11.9 Å². The Hall–Kier alpha value is -2.66. The molecule has 1 unspecified atom stereocenters. The first-order valence-corrected chi connectivity index (χ1v) is 7.79. The Kier molecular flexibility index (Phi) is 6.51. The van der Waals surface area contributed by atoms with Crippen LogP contribution in [-0.2, 0) is 27.4 Å². The fourth-order valence-corrected chi connectivity index (χ4v) is 2.21. The molecule has 1 amide bonds. The Morgan fingerprint density at radius 3 is 2.08 bits per heavy atom. The number of carboxylic acids is 1. The van der Waals surface area contributed by atoms with Gasteiger partial charge in [0.25, 0.3) is 0 Å². The summed E-state index contributed by atoms with van der Waals surface area (Å²) in [5.41, 5.74) is 1.80. The molecule has 2 rings (SSSR count). The summed E-state index contributed by atoms with van der Waals surface area (Å²) in [4.78, 5) is 23.6. The molecule has 5 heteroatoms. The van der Waals surface area contributed by atoms with Gasteiger partial charge in [-0.25, -0.2) is 4.79 Å². The number of benzene rings is 2. The molecule has 126 valence electrons. The molecule has 0 aliphatic rings. The van der Waals surface area contributed by atoms with E-state index in [1.165, 1.54) is 0 Å². The monoisotopic (exact) mass is 327 g/mol. The predicted octanol–water partition coefficient (Wildman–Crippen LogP) is 2.40. The Labute approximate surface area is 141 Å². The molecular weight excluding hydrogens is 306 g/mol. The molecule has 0 bridgehead atoms. The number of hydrogen-bond donors (Lipinski definition) is 2. The second-order valence-electron chi connectivity index (χ2n) is 5.53. The number of ether oxygens (including phenoxy) is 1. The number of nitrogens with one attached hydrogen (secondary N) is 1. The smallest absolute Gasteiger partial charge is 0.326 e. The normalized spacial score (nSPS) is 13.0. The third-order valence-corrected chi connectivity index (χ3v) is 3.61. The number of hydrogen-bond acceptors (Lipinski definition) is 3. The first kappa shape index (κ1) is 17.7. The van der Waals surface area contributed by atoms with E-state index in [9.17, 15) is 14.7 Å². The van der Waals surface area contributed by atoms with Crippen LogP contribution < -0.4 is 5.32 Å². The summed E-state index contributed by atoms with van der Waals surface area (Å²) in [6.07, 6.45) is -0.504. The summed E-state index contributed by atoms with van der Waals surface area (Å²) in [6, 6.07) is 17.7. The summed E-state index contributed by atoms with van der Waals surface area (Å²) in [7, 11) is 0. The highest BCUT2D eigenvalue weighted by Crippen LogP contribution is 2.06. The number of carbonyl (C=O) groups is 2. The third kappa shape index (κ3) is 5.52. The van der Waals surface area contributed by atoms with Gasteiger partial charge < -0.3 is 15.2 Å². The van der Waals surface area contributed by atoms with Crippen LogP contribution in [0.1, 0.15) is 18.1 Å². The van der Waals surface area contributed by atoms with E-state index in [2.05, 4.69) is 5.32 Å². The van der Waals surface area contributed by atoms with Crippen molar-refractivity contribution in [3.8, 4) is 0 Å². The van der Waals surface area contributed by atoms with E-state index in [0.29, 0.717) is 6.61 Å². The third-order valence-electron chi connectivity index (χ3n) is 3.61. The zero-order chi connectivity index (χ0) is 17.4. The zero-order valence-corrected chi connectivity index (χ0v) is 13.5. The summed E-state index contributed by atoms with van der Waals surface area (Å²) in [5, 5.41) is 11.9. The molecule has 0 aromatic heterocycles. The Morgan fingerprint density at radius 1 is 1.00 bits per heavy atom. The molecular formula is C19H21NO4. The number of carboxylic acid groups (broad SMARTS) is 1. The van der Waals surface area contributed by atoms with Crippen LogP contribution >= 0.6 is 0 Å². The van der Waals surface area contributed by atoms with Crippen molar-refractivity contribution in [2.45, 2.75) is 32.1 Å². The van der Waals surface area contributed by atoms with Crippen LogP contribution in [0, 0.1) is 0 Å². The van der Waals surface area contributed by atoms with Crippen LogP contribution in [-0.4, -0.2) is 29.1 Å². The van der Waals surface area contributed by atoms with Crippen LogP contribution in [0.5, 0.6) is 0 Å². The van der Waals surface area contributed by atoms with E-state index in [-0.39, 0.29) is 6.42 Å². The van der Waals surface area contributed by atoms with Gasteiger partial charge in [0.1, 0.15) is 12.1 Å². The van der Waals surface area contributed by atoms with E-state index < -0.39 is 24.0 Å². The maximum atomic E-state index is 12.2. The van der Waals surface area contributed by atoms with Gasteiger partial charge in [-0.3, -0.25) is 4.79 Å². The first-order chi connectivity index (χ1) is 11.6. The quantitative estimate of drug-likeness (QED) is 0.781. The Morgan fingerprint density at radius 2 is 1.54 bits per heavy atom. The highest BCUT2D eigenvalue weighted by atomic mass is 16.5. The molecule has 2 N–H and O–H groups in total. The van der Waals surface area contributed by atoms with Gasteiger partial charge in [0, 0.05) is 6.42 Å². The molecule has 5 nitrogen and oxygen atoms in total. The SMILES string of the molecule is CC(OCc1ccccc1)C(=O)N[C@@H](Cc1ccccc1)C(=O)O. The molecule has 0 spiro atoms. The van der Waals surface area contributed by atoms with Crippen LogP contribution in [0.15, 0.2) is 60.7 Å². The molecule has 2 aromatic carbocycles. The molecule has 2 atom stereocenters. The Bertz CT molecular complexity index is 658. The van der Waals surface area contributed by atoms with Gasteiger partial charge in [0.05, 0.1) is 6.61 Å². The van der Waals surface area contributed by atoms with E-state index in [1.807, 2.05) is 60.7 Å². The average Bonchev–Trinajstić information content (AvgIpc) is 2.60. The maximum Gasteiger partial charge on any atom is 0.326 e. The minimum atomic E-state index is -1.07. The fourth-order valence-electron chi connectivity index (χ4n) is 2.21. The second-order valence-corrected chi connectivity index (χ2v) is 5.53. The molecule has 0 saturated heterocycles. The van der Waals surface area contributed by atoms with Gasteiger partial charge in [-0.2, -0.15) is 0 Å². The van der Waals surface area contributed by atoms with Crippen molar-refractivity contribution in [2.24, 2.45) is 0 Å². The van der Waals surface area contributed by atoms with Crippen LogP contribution in [0.2, 0.25) is 0 Å². The van der Waals surface area contributed by atoms with Crippen LogP contribution in [0.3, 0.4) is 0 Å². The van der Waals surface area contributed by atoms with Gasteiger partial charge >= 0.3 is 5.97 Å². The van der Waals surface area contributed by atoms with Crippen molar-refractivity contribution in [1.29, 1.82) is 0 Å². The lowest BCUT2D eigenvalue weighted by atomic mass is 10.1. The molecule has 0 radical (unpaired) electrons. The van der Waals surface area contributed by atoms with Crippen molar-refractivity contribution in [3.63, 3.8) is 0 Å². The molecule has 0 saturated carbocycles. The van der Waals surface area contributed by atoms with E-state index in [1.54, 1.807) is 6.92 Å². The topological polar surface area (TPSA) is 75.6 Å². The summed E-state index contributed by atoms with van der Waals surface area (Å²) >= 11 is 0. The van der Waals surface area contributed by atoms with E-state index >= 15 is 0 Å². The summed E-state index contributed by atoms with van der Waals surface area (Å²) in [5.74, 6) is -1.50. The number of aliphatic carboxylic acids is 1. The minimum Gasteiger partial charge on any atom is -0.480 e. The van der Waals surface area contributed by atoms with Gasteiger partial charge in [0.15, 0.2) is 0 Å². The maximum absolute atomic E-state index is 12.2. The predicted molar refractivity (Wildman–Crippen MR) is 90.4 cm³/mol. The van der Waals surface area contributed by atoms with Crippen LogP contribution in [0.25, 0.3) is 0 Å². The number of carbonyl (C=O) groups excluding carboxylic acids is 1. The van der Waals surface area contributed by atoms with Gasteiger partial charge in [0.2, 0.25) is 5.91 Å². The molecule has 24 heavy (non-hydrogen) atoms. The van der Waals surface area contributed by atoms with Crippen molar-refractivity contribution in [2.75, 3.05) is 0 Å². The van der Waals surface area contributed by atoms with Crippen molar-refractivity contribution in [3.05, 3.63) is 71.8 Å². The fraction of sp³-hybridized carbons (Fsp3) is 0.263. The largest absolute Gasteiger partial charge is 0.480 e. The molecule has 0 heterocycles. The Balaban J connectivity index is 1.88. The first-order valence-electron chi connectivity index (χ1n) is 7.79. The lowest BCUT2D eigenvalue weighted by Gasteiger charge is -2.18. The second kappa shape index (κ2) is 8.84. The highest BCUT2D eigenvalue weighted by molar-refractivity contribution is 5.86.